The third kappa shape index (κ3) is 10.5. The van der Waals surface area contributed by atoms with Crippen molar-refractivity contribution in [2.24, 2.45) is 17.4 Å². The predicted molar refractivity (Wildman–Crippen MR) is 130 cm³/mol. The Morgan fingerprint density at radius 2 is 1.68 bits per heavy atom. The van der Waals surface area contributed by atoms with Gasteiger partial charge in [-0.3, -0.25) is 14.4 Å². The summed E-state index contributed by atoms with van der Waals surface area (Å²) in [5.41, 5.74) is 11.9. The van der Waals surface area contributed by atoms with E-state index in [2.05, 4.69) is 38.5 Å². The van der Waals surface area contributed by atoms with Crippen molar-refractivity contribution in [3.05, 3.63) is 18.2 Å². The Bertz CT molecular complexity index is 790. The van der Waals surface area contributed by atoms with Gasteiger partial charge in [-0.25, -0.2) is 9.78 Å². The first-order chi connectivity index (χ1) is 16.1. The van der Waals surface area contributed by atoms with Gasteiger partial charge in [-0.1, -0.05) is 13.8 Å². The molecule has 1 heterocycles. The Labute approximate surface area is 204 Å². The van der Waals surface area contributed by atoms with Crippen LogP contribution < -0.4 is 27.4 Å². The lowest BCUT2D eigenvalue weighted by Gasteiger charge is -2.24. The van der Waals surface area contributed by atoms with Crippen molar-refractivity contribution < 1.29 is 24.3 Å². The van der Waals surface area contributed by atoms with Gasteiger partial charge in [0.15, 0.2) is 0 Å². The minimum atomic E-state index is -1.18. The quantitative estimate of drug-likeness (QED) is 0.103. The van der Waals surface area contributed by atoms with Crippen LogP contribution in [0.3, 0.4) is 0 Å². The minimum Gasteiger partial charge on any atom is -0.480 e. The fraction of sp³-hybridized carbons (Fsp3) is 0.667. The summed E-state index contributed by atoms with van der Waals surface area (Å²) in [6.07, 6.45) is 4.74. The molecule has 3 amide bonds. The van der Waals surface area contributed by atoms with E-state index in [9.17, 15) is 24.3 Å². The molecule has 0 spiro atoms. The fourth-order valence-electron chi connectivity index (χ4n) is 3.21. The number of hydrogen-bond acceptors (Lipinski definition) is 8. The summed E-state index contributed by atoms with van der Waals surface area (Å²) in [5, 5.41) is 17.1. The lowest BCUT2D eigenvalue weighted by Crippen LogP contribution is -2.58. The summed E-state index contributed by atoms with van der Waals surface area (Å²) in [7, 11) is 0. The molecule has 4 unspecified atom stereocenters. The van der Waals surface area contributed by atoms with Crippen LogP contribution in [0.5, 0.6) is 0 Å². The van der Waals surface area contributed by atoms with Crippen LogP contribution >= 0.6 is 12.6 Å². The van der Waals surface area contributed by atoms with Crippen LogP contribution in [0.4, 0.5) is 0 Å². The van der Waals surface area contributed by atoms with Crippen molar-refractivity contribution >= 4 is 36.3 Å². The second-order valence-electron chi connectivity index (χ2n) is 8.51. The van der Waals surface area contributed by atoms with Gasteiger partial charge in [0.1, 0.15) is 18.1 Å². The lowest BCUT2D eigenvalue weighted by molar-refractivity contribution is -0.142. The summed E-state index contributed by atoms with van der Waals surface area (Å²) < 4.78 is 0. The van der Waals surface area contributed by atoms with Crippen molar-refractivity contribution in [1.29, 1.82) is 0 Å². The largest absolute Gasteiger partial charge is 0.480 e. The van der Waals surface area contributed by atoms with Gasteiger partial charge in [0.25, 0.3) is 0 Å². The van der Waals surface area contributed by atoms with Crippen LogP contribution in [0, 0.1) is 5.92 Å². The highest BCUT2D eigenvalue weighted by atomic mass is 32.1. The Morgan fingerprint density at radius 1 is 1.06 bits per heavy atom. The van der Waals surface area contributed by atoms with E-state index in [4.69, 9.17) is 11.5 Å². The number of carboxylic acid groups (broad SMARTS) is 1. The van der Waals surface area contributed by atoms with E-state index >= 15 is 0 Å². The van der Waals surface area contributed by atoms with Gasteiger partial charge in [-0.15, -0.1) is 0 Å². The molecule has 4 atom stereocenters. The number of amides is 3. The highest BCUT2D eigenvalue weighted by Gasteiger charge is 2.30. The second kappa shape index (κ2) is 15.3. The topological polar surface area (TPSA) is 205 Å². The van der Waals surface area contributed by atoms with Crippen molar-refractivity contribution in [1.82, 2.24) is 25.9 Å². The summed E-state index contributed by atoms with van der Waals surface area (Å²) in [4.78, 5) is 56.5. The summed E-state index contributed by atoms with van der Waals surface area (Å²) >= 11 is 4.14. The molecular formula is C21H37N7O5S. The van der Waals surface area contributed by atoms with Crippen molar-refractivity contribution in [2.45, 2.75) is 70.1 Å². The number of aliphatic carboxylic acids is 1. The molecular weight excluding hydrogens is 462 g/mol. The third-order valence-corrected chi connectivity index (χ3v) is 5.42. The van der Waals surface area contributed by atoms with Gasteiger partial charge in [0.2, 0.25) is 17.7 Å². The number of rotatable bonds is 16. The fourth-order valence-corrected chi connectivity index (χ4v) is 3.47. The van der Waals surface area contributed by atoms with Crippen molar-refractivity contribution in [2.75, 3.05) is 12.3 Å². The molecule has 192 valence electrons. The molecule has 1 rings (SSSR count). The van der Waals surface area contributed by atoms with E-state index in [0.29, 0.717) is 31.5 Å². The average Bonchev–Trinajstić information content (AvgIpc) is 3.28. The van der Waals surface area contributed by atoms with Gasteiger partial charge in [-0.2, -0.15) is 12.6 Å². The zero-order valence-electron chi connectivity index (χ0n) is 19.6. The summed E-state index contributed by atoms with van der Waals surface area (Å²) in [5.74, 6) is -2.83. The Kier molecular flexibility index (Phi) is 13.2. The normalized spacial score (nSPS) is 14.6. The average molecular weight is 500 g/mol. The summed E-state index contributed by atoms with van der Waals surface area (Å²) in [6, 6.07) is -4.07. The molecule has 1 aromatic rings. The molecule has 1 aromatic heterocycles. The smallest absolute Gasteiger partial charge is 0.326 e. The first-order valence-corrected chi connectivity index (χ1v) is 11.9. The maximum absolute atomic E-state index is 12.9. The number of hydrogen-bond donors (Lipinski definition) is 8. The van der Waals surface area contributed by atoms with Crippen LogP contribution in [0.2, 0.25) is 0 Å². The standard InChI is InChI=1S/C21H37N7O5S/c1-12(2)7-14(23)18(29)28-17(10-34)20(31)27-16(8-13-9-24-11-25-13)19(30)26-15(21(32)33)5-3-4-6-22/h9,11-12,14-17,34H,3-8,10,22-23H2,1-2H3,(H,24,25)(H,26,30)(H,27,31)(H,28,29)(H,32,33). The van der Waals surface area contributed by atoms with E-state index in [-0.39, 0.29) is 24.5 Å². The Morgan fingerprint density at radius 3 is 2.21 bits per heavy atom. The summed E-state index contributed by atoms with van der Waals surface area (Å²) in [6.45, 7) is 4.26. The molecule has 34 heavy (non-hydrogen) atoms. The number of imidazole rings is 1. The second-order valence-corrected chi connectivity index (χ2v) is 8.87. The van der Waals surface area contributed by atoms with Crippen molar-refractivity contribution in [3.63, 3.8) is 0 Å². The van der Waals surface area contributed by atoms with E-state index in [0.717, 1.165) is 0 Å². The zero-order chi connectivity index (χ0) is 25.7. The number of aromatic amines is 1. The van der Waals surface area contributed by atoms with Gasteiger partial charge < -0.3 is 37.5 Å². The number of carbonyl (C=O) groups excluding carboxylic acids is 3. The molecule has 0 saturated heterocycles. The molecule has 13 heteroatoms. The van der Waals surface area contributed by atoms with E-state index in [1.54, 1.807) is 0 Å². The van der Waals surface area contributed by atoms with Crippen LogP contribution in [-0.4, -0.2) is 75.2 Å². The van der Waals surface area contributed by atoms with Gasteiger partial charge in [0, 0.05) is 24.1 Å². The van der Waals surface area contributed by atoms with Gasteiger partial charge in [-0.05, 0) is 38.1 Å². The number of nitrogens with two attached hydrogens (primary N) is 2. The molecule has 9 N–H and O–H groups in total. The first kappa shape index (κ1) is 29.4. The van der Waals surface area contributed by atoms with Gasteiger partial charge >= 0.3 is 5.97 Å². The van der Waals surface area contributed by atoms with E-state index < -0.39 is 47.9 Å². The Balaban J connectivity index is 2.91. The minimum absolute atomic E-state index is 0.0266. The molecule has 0 bridgehead atoms. The number of nitrogens with one attached hydrogen (secondary N) is 4. The molecule has 0 aliphatic rings. The number of carbonyl (C=O) groups is 4. The number of unbranched alkanes of at least 4 members (excludes halogenated alkanes) is 1. The van der Waals surface area contributed by atoms with E-state index in [1.807, 2.05) is 13.8 Å². The molecule has 0 radical (unpaired) electrons. The third-order valence-electron chi connectivity index (χ3n) is 5.05. The van der Waals surface area contributed by atoms with Gasteiger partial charge in [0.05, 0.1) is 12.4 Å². The first-order valence-electron chi connectivity index (χ1n) is 11.3. The number of carboxylic acids is 1. The van der Waals surface area contributed by atoms with Crippen LogP contribution in [0.1, 0.15) is 45.2 Å². The van der Waals surface area contributed by atoms with Crippen molar-refractivity contribution in [3.8, 4) is 0 Å². The monoisotopic (exact) mass is 499 g/mol. The molecule has 12 nitrogen and oxygen atoms in total. The molecule has 0 aliphatic carbocycles. The molecule has 0 aliphatic heterocycles. The number of thiol groups is 1. The highest BCUT2D eigenvalue weighted by molar-refractivity contribution is 7.80. The van der Waals surface area contributed by atoms with E-state index in [1.165, 1.54) is 12.5 Å². The zero-order valence-corrected chi connectivity index (χ0v) is 20.5. The van der Waals surface area contributed by atoms with Crippen LogP contribution in [0.15, 0.2) is 12.5 Å². The Hall–Kier alpha value is -2.64. The SMILES string of the molecule is CC(C)CC(N)C(=O)NC(CS)C(=O)NC(Cc1cnc[nH]1)C(=O)NC(CCCCN)C(=O)O. The predicted octanol–water partition coefficient (Wildman–Crippen LogP) is -1.08. The van der Waals surface area contributed by atoms with Crippen LogP contribution in [0.25, 0.3) is 0 Å². The lowest BCUT2D eigenvalue weighted by atomic mass is 10.0. The number of aromatic nitrogens is 2. The maximum Gasteiger partial charge on any atom is 0.326 e. The number of nitrogens with zero attached hydrogens (tertiary/aromatic N) is 1. The molecule has 0 fully saturated rings. The number of H-pyrrole nitrogens is 1. The van der Waals surface area contributed by atoms with Crippen LogP contribution in [-0.2, 0) is 25.6 Å². The maximum atomic E-state index is 12.9. The molecule has 0 saturated carbocycles. The molecule has 0 aromatic carbocycles. The highest BCUT2D eigenvalue weighted by Crippen LogP contribution is 2.06.